The van der Waals surface area contributed by atoms with Crippen LogP contribution in [0.2, 0.25) is 0 Å². The van der Waals surface area contributed by atoms with Crippen LogP contribution in [0, 0.1) is 6.92 Å². The second-order valence-electron chi connectivity index (χ2n) is 6.68. The van der Waals surface area contributed by atoms with Gasteiger partial charge in [-0.05, 0) is 44.4 Å². The van der Waals surface area contributed by atoms with E-state index in [0.29, 0.717) is 24.8 Å². The van der Waals surface area contributed by atoms with Gasteiger partial charge in [0.05, 0.1) is 12.4 Å². The van der Waals surface area contributed by atoms with E-state index < -0.39 is 0 Å². The maximum Gasteiger partial charge on any atom is 0.409 e. The van der Waals surface area contributed by atoms with Crippen molar-refractivity contribution in [2.75, 3.05) is 30.8 Å². The first-order valence-electron chi connectivity index (χ1n) is 9.54. The Morgan fingerprint density at radius 1 is 1.31 bits per heavy atom. The van der Waals surface area contributed by atoms with E-state index in [1.165, 1.54) is 28.7 Å². The van der Waals surface area contributed by atoms with Gasteiger partial charge in [0.1, 0.15) is 0 Å². The van der Waals surface area contributed by atoms with E-state index >= 15 is 0 Å². The monoisotopic (exact) mass is 435 g/mol. The van der Waals surface area contributed by atoms with Gasteiger partial charge in [-0.1, -0.05) is 35.2 Å². The van der Waals surface area contributed by atoms with Crippen LogP contribution in [0.3, 0.4) is 0 Å². The number of amides is 2. The summed E-state index contributed by atoms with van der Waals surface area (Å²) < 4.78 is 5.75. The van der Waals surface area contributed by atoms with Crippen molar-refractivity contribution in [3.63, 3.8) is 0 Å². The number of rotatable bonds is 7. The Morgan fingerprint density at radius 2 is 2.10 bits per heavy atom. The predicted molar refractivity (Wildman–Crippen MR) is 115 cm³/mol. The molecule has 10 heteroatoms. The molecule has 1 fully saturated rings. The van der Waals surface area contributed by atoms with Crippen LogP contribution in [0.15, 0.2) is 28.6 Å². The Hall–Kier alpha value is -2.33. The van der Waals surface area contributed by atoms with E-state index in [2.05, 4.69) is 20.8 Å². The summed E-state index contributed by atoms with van der Waals surface area (Å²) in [4.78, 5) is 25.6. The van der Waals surface area contributed by atoms with E-state index in [0.717, 1.165) is 22.9 Å². The Bertz CT molecular complexity index is 837. The van der Waals surface area contributed by atoms with Crippen LogP contribution in [-0.2, 0) is 9.53 Å². The van der Waals surface area contributed by atoms with Crippen molar-refractivity contribution >= 4 is 45.9 Å². The topological polar surface area (TPSA) is 96.5 Å². The van der Waals surface area contributed by atoms with E-state index in [9.17, 15) is 9.59 Å². The number of carbonyl (C=O) groups excluding carboxylic acids is 2. The smallest absolute Gasteiger partial charge is 0.409 e. The Labute approximate surface area is 178 Å². The van der Waals surface area contributed by atoms with Crippen molar-refractivity contribution in [2.45, 2.75) is 37.1 Å². The number of benzene rings is 1. The minimum atomic E-state index is -0.279. The highest BCUT2D eigenvalue weighted by Gasteiger charge is 2.24. The summed E-state index contributed by atoms with van der Waals surface area (Å²) in [6.07, 6.45) is 1.19. The van der Waals surface area contributed by atoms with Gasteiger partial charge in [-0.2, -0.15) is 0 Å². The number of thioether (sulfide) groups is 1. The Morgan fingerprint density at radius 3 is 2.83 bits per heavy atom. The van der Waals surface area contributed by atoms with Crippen LogP contribution in [0.5, 0.6) is 0 Å². The van der Waals surface area contributed by atoms with Gasteiger partial charge in [-0.15, -0.1) is 10.2 Å². The van der Waals surface area contributed by atoms with Crippen LogP contribution in [0.4, 0.5) is 15.6 Å². The van der Waals surface area contributed by atoms with Crippen molar-refractivity contribution in [1.29, 1.82) is 0 Å². The average Bonchev–Trinajstić information content (AvgIpc) is 3.14. The quantitative estimate of drug-likeness (QED) is 0.643. The molecule has 0 spiro atoms. The van der Waals surface area contributed by atoms with Gasteiger partial charge in [0.15, 0.2) is 4.34 Å². The van der Waals surface area contributed by atoms with Crippen molar-refractivity contribution in [1.82, 2.24) is 20.4 Å². The zero-order valence-corrected chi connectivity index (χ0v) is 18.1. The molecule has 0 radical (unpaired) electrons. The molecule has 1 aromatic heterocycles. The van der Waals surface area contributed by atoms with E-state index in [1.807, 2.05) is 31.2 Å². The summed E-state index contributed by atoms with van der Waals surface area (Å²) >= 11 is 2.79. The Balaban J connectivity index is 1.39. The van der Waals surface area contributed by atoms with E-state index in [4.69, 9.17) is 4.74 Å². The molecule has 1 aliphatic rings. The maximum absolute atomic E-state index is 12.2. The first kappa shape index (κ1) is 21.4. The molecule has 0 bridgehead atoms. The number of anilines is 2. The molecule has 1 aliphatic heterocycles. The second kappa shape index (κ2) is 10.4. The second-order valence-corrected chi connectivity index (χ2v) is 8.88. The third kappa shape index (κ3) is 6.60. The summed E-state index contributed by atoms with van der Waals surface area (Å²) in [6, 6.07) is 8.11. The molecule has 0 aliphatic carbocycles. The highest BCUT2D eigenvalue weighted by Crippen LogP contribution is 2.27. The lowest BCUT2D eigenvalue weighted by Gasteiger charge is -2.31. The van der Waals surface area contributed by atoms with Crippen molar-refractivity contribution in [3.05, 3.63) is 29.8 Å². The highest BCUT2D eigenvalue weighted by atomic mass is 32.2. The maximum atomic E-state index is 12.2. The molecule has 29 heavy (non-hydrogen) atoms. The number of likely N-dealkylation sites (tertiary alicyclic amines) is 1. The molecule has 2 heterocycles. The number of hydrogen-bond donors (Lipinski definition) is 2. The van der Waals surface area contributed by atoms with Crippen LogP contribution in [0.1, 0.15) is 25.3 Å². The summed E-state index contributed by atoms with van der Waals surface area (Å²) in [5.74, 6) is 0.255. The highest BCUT2D eigenvalue weighted by molar-refractivity contribution is 8.01. The fraction of sp³-hybridized carbons (Fsp3) is 0.474. The zero-order valence-electron chi connectivity index (χ0n) is 16.5. The van der Waals surface area contributed by atoms with Gasteiger partial charge < -0.3 is 20.3 Å². The molecule has 2 N–H and O–H groups in total. The molecule has 1 saturated heterocycles. The molecular weight excluding hydrogens is 410 g/mol. The number of nitrogens with zero attached hydrogens (tertiary/aromatic N) is 3. The fourth-order valence-corrected chi connectivity index (χ4v) is 4.57. The summed E-state index contributed by atoms with van der Waals surface area (Å²) in [7, 11) is 0. The third-order valence-electron chi connectivity index (χ3n) is 4.39. The van der Waals surface area contributed by atoms with E-state index in [1.54, 1.807) is 11.8 Å². The standard InChI is InChI=1S/C19H25N5O3S2/c1-3-27-19(26)24-9-7-14(8-10-24)20-16(25)12-28-18-23-22-17(29-18)21-15-6-4-5-13(2)11-15/h4-6,11,14H,3,7-10,12H2,1-2H3,(H,20,25)(H,21,22). The van der Waals surface area contributed by atoms with E-state index in [-0.39, 0.29) is 23.8 Å². The number of piperidine rings is 1. The van der Waals surface area contributed by atoms with Gasteiger partial charge in [-0.3, -0.25) is 4.79 Å². The molecule has 2 amide bonds. The normalized spacial score (nSPS) is 14.5. The molecule has 156 valence electrons. The van der Waals surface area contributed by atoms with Crippen LogP contribution in [-0.4, -0.2) is 58.6 Å². The van der Waals surface area contributed by atoms with Gasteiger partial charge in [0, 0.05) is 24.8 Å². The minimum absolute atomic E-state index is 0.0343. The first-order chi connectivity index (χ1) is 14.0. The summed E-state index contributed by atoms with van der Waals surface area (Å²) in [6.45, 7) is 5.40. The van der Waals surface area contributed by atoms with Crippen LogP contribution in [0.25, 0.3) is 0 Å². The SMILES string of the molecule is CCOC(=O)N1CCC(NC(=O)CSc2nnc(Nc3cccc(C)c3)s2)CC1. The number of aromatic nitrogens is 2. The zero-order chi connectivity index (χ0) is 20.6. The molecule has 0 unspecified atom stereocenters. The molecule has 3 rings (SSSR count). The van der Waals surface area contributed by atoms with Gasteiger partial charge in [0.25, 0.3) is 0 Å². The average molecular weight is 436 g/mol. The molecule has 0 atom stereocenters. The van der Waals surface area contributed by atoms with Gasteiger partial charge in [-0.25, -0.2) is 4.79 Å². The minimum Gasteiger partial charge on any atom is -0.450 e. The van der Waals surface area contributed by atoms with Crippen LogP contribution < -0.4 is 10.6 Å². The van der Waals surface area contributed by atoms with Gasteiger partial charge in [0.2, 0.25) is 11.0 Å². The molecule has 2 aromatic rings. The molecular formula is C19H25N5O3S2. The largest absolute Gasteiger partial charge is 0.450 e. The number of aryl methyl sites for hydroxylation is 1. The third-order valence-corrected chi connectivity index (χ3v) is 6.36. The van der Waals surface area contributed by atoms with Crippen molar-refractivity contribution in [2.24, 2.45) is 0 Å². The molecule has 0 saturated carbocycles. The van der Waals surface area contributed by atoms with Crippen LogP contribution >= 0.6 is 23.1 Å². The number of ether oxygens (including phenoxy) is 1. The fourth-order valence-electron chi connectivity index (χ4n) is 2.98. The number of carbonyl (C=O) groups is 2. The van der Waals surface area contributed by atoms with Crippen molar-refractivity contribution < 1.29 is 14.3 Å². The summed E-state index contributed by atoms with van der Waals surface area (Å²) in [5.41, 5.74) is 2.13. The number of nitrogens with one attached hydrogen (secondary N) is 2. The van der Waals surface area contributed by atoms with Gasteiger partial charge >= 0.3 is 6.09 Å². The molecule has 1 aromatic carbocycles. The lowest BCUT2D eigenvalue weighted by Crippen LogP contribution is -2.47. The predicted octanol–water partition coefficient (Wildman–Crippen LogP) is 3.42. The lowest BCUT2D eigenvalue weighted by atomic mass is 10.1. The number of hydrogen-bond acceptors (Lipinski definition) is 8. The lowest BCUT2D eigenvalue weighted by molar-refractivity contribution is -0.119. The first-order valence-corrected chi connectivity index (χ1v) is 11.3. The summed E-state index contributed by atoms with van der Waals surface area (Å²) in [5, 5.41) is 15.2. The molecule has 8 nitrogen and oxygen atoms in total. The Kier molecular flexibility index (Phi) is 7.70. The van der Waals surface area contributed by atoms with Crippen molar-refractivity contribution in [3.8, 4) is 0 Å².